The lowest BCUT2D eigenvalue weighted by atomic mass is 10.0. The van der Waals surface area contributed by atoms with Gasteiger partial charge in [0, 0.05) is 13.1 Å². The van der Waals surface area contributed by atoms with Crippen molar-refractivity contribution in [2.24, 2.45) is 5.92 Å². The number of aromatic nitrogens is 4. The van der Waals surface area contributed by atoms with Crippen molar-refractivity contribution < 1.29 is 9.53 Å². The predicted octanol–water partition coefficient (Wildman–Crippen LogP) is 1.85. The molecule has 2 aromatic heterocycles. The van der Waals surface area contributed by atoms with Gasteiger partial charge in [-0.05, 0) is 43.0 Å². The molecule has 0 radical (unpaired) electrons. The van der Waals surface area contributed by atoms with Crippen molar-refractivity contribution in [2.75, 3.05) is 20.2 Å². The van der Waals surface area contributed by atoms with Crippen LogP contribution in [0.4, 0.5) is 0 Å². The molecule has 28 heavy (non-hydrogen) atoms. The number of rotatable bonds is 4. The first kappa shape index (κ1) is 18.2. The summed E-state index contributed by atoms with van der Waals surface area (Å²) >= 11 is 0. The average Bonchev–Trinajstić information content (AvgIpc) is 3.15. The van der Waals surface area contributed by atoms with E-state index < -0.39 is 0 Å². The molecule has 0 aliphatic carbocycles. The van der Waals surface area contributed by atoms with Crippen molar-refractivity contribution in [1.29, 1.82) is 0 Å². The number of nitrogens with zero attached hydrogens (tertiary/aromatic N) is 5. The fraction of sp³-hybridized carbons (Fsp3) is 0.400. The number of fused-ring (bicyclic) bond motifs is 1. The van der Waals surface area contributed by atoms with Crippen molar-refractivity contribution in [3.63, 3.8) is 0 Å². The number of piperidine rings is 1. The Morgan fingerprint density at radius 1 is 1.29 bits per heavy atom. The molecule has 3 aromatic rings. The third-order valence-electron chi connectivity index (χ3n) is 5.19. The van der Waals surface area contributed by atoms with E-state index in [9.17, 15) is 9.59 Å². The van der Waals surface area contributed by atoms with Gasteiger partial charge in [0.25, 0.3) is 5.56 Å². The summed E-state index contributed by atoms with van der Waals surface area (Å²) in [5.41, 5.74) is 0.979. The fourth-order valence-corrected chi connectivity index (χ4v) is 3.64. The summed E-state index contributed by atoms with van der Waals surface area (Å²) in [4.78, 5) is 31.7. The molecule has 4 rings (SSSR count). The van der Waals surface area contributed by atoms with Gasteiger partial charge in [-0.3, -0.25) is 14.2 Å². The maximum atomic E-state index is 12.8. The van der Waals surface area contributed by atoms with Crippen LogP contribution >= 0.6 is 0 Å². The summed E-state index contributed by atoms with van der Waals surface area (Å²) in [6, 6.07) is 7.34. The highest BCUT2D eigenvalue weighted by Crippen LogP contribution is 2.18. The molecule has 1 aliphatic heterocycles. The van der Waals surface area contributed by atoms with E-state index in [4.69, 9.17) is 4.74 Å². The average molecular weight is 381 g/mol. The first-order valence-corrected chi connectivity index (χ1v) is 9.42. The third kappa shape index (κ3) is 3.37. The zero-order valence-corrected chi connectivity index (χ0v) is 16.0. The Morgan fingerprint density at radius 3 is 2.79 bits per heavy atom. The van der Waals surface area contributed by atoms with Gasteiger partial charge >= 0.3 is 0 Å². The van der Waals surface area contributed by atoms with Gasteiger partial charge in [-0.1, -0.05) is 6.92 Å². The lowest BCUT2D eigenvalue weighted by Crippen LogP contribution is -2.42. The summed E-state index contributed by atoms with van der Waals surface area (Å²) in [5, 5.41) is 4.69. The van der Waals surface area contributed by atoms with E-state index in [-0.39, 0.29) is 18.0 Å². The van der Waals surface area contributed by atoms with Gasteiger partial charge in [-0.25, -0.2) is 9.67 Å². The fourth-order valence-electron chi connectivity index (χ4n) is 3.64. The summed E-state index contributed by atoms with van der Waals surface area (Å²) < 4.78 is 8.14. The molecular weight excluding hydrogens is 358 g/mol. The molecule has 0 spiro atoms. The van der Waals surface area contributed by atoms with Crippen molar-refractivity contribution in [1.82, 2.24) is 24.2 Å². The molecule has 146 valence electrons. The molecular formula is C20H23N5O3. The lowest BCUT2D eigenvalue weighted by molar-refractivity contribution is -0.133. The largest absolute Gasteiger partial charge is 0.497 e. The number of methoxy groups -OCH3 is 1. The minimum Gasteiger partial charge on any atom is -0.497 e. The zero-order valence-electron chi connectivity index (χ0n) is 16.0. The van der Waals surface area contributed by atoms with Crippen LogP contribution in [0.5, 0.6) is 5.75 Å². The van der Waals surface area contributed by atoms with E-state index in [2.05, 4.69) is 17.0 Å². The zero-order chi connectivity index (χ0) is 19.7. The molecule has 1 saturated heterocycles. The maximum absolute atomic E-state index is 12.8. The second kappa shape index (κ2) is 7.46. The van der Waals surface area contributed by atoms with Crippen LogP contribution in [0.2, 0.25) is 0 Å². The standard InChI is InChI=1S/C20H23N5O3/c1-14-4-3-9-23(11-14)18(26)12-24-13-21-19-17(20(24)27)10-22-25(19)15-5-7-16(28-2)8-6-15/h5-8,10,13-14H,3-4,9,11-12H2,1-2H3. The van der Waals surface area contributed by atoms with Crippen molar-refractivity contribution in [3.05, 3.63) is 47.1 Å². The number of amides is 1. The number of hydrogen-bond donors (Lipinski definition) is 0. The van der Waals surface area contributed by atoms with Crippen LogP contribution in [0, 0.1) is 5.92 Å². The second-order valence-electron chi connectivity index (χ2n) is 7.26. The van der Waals surface area contributed by atoms with E-state index >= 15 is 0 Å². The highest BCUT2D eigenvalue weighted by atomic mass is 16.5. The molecule has 1 fully saturated rings. The monoisotopic (exact) mass is 381 g/mol. The smallest absolute Gasteiger partial charge is 0.264 e. The molecule has 8 nitrogen and oxygen atoms in total. The molecule has 1 atom stereocenters. The van der Waals surface area contributed by atoms with E-state index in [1.807, 2.05) is 29.2 Å². The van der Waals surface area contributed by atoms with Gasteiger partial charge in [0.05, 0.1) is 19.0 Å². The number of hydrogen-bond acceptors (Lipinski definition) is 5. The van der Waals surface area contributed by atoms with Crippen molar-refractivity contribution in [2.45, 2.75) is 26.3 Å². The molecule has 0 saturated carbocycles. The van der Waals surface area contributed by atoms with Gasteiger partial charge in [0.15, 0.2) is 5.65 Å². The lowest BCUT2D eigenvalue weighted by Gasteiger charge is -2.31. The van der Waals surface area contributed by atoms with Crippen LogP contribution in [0.3, 0.4) is 0 Å². The van der Waals surface area contributed by atoms with Crippen LogP contribution < -0.4 is 10.3 Å². The Morgan fingerprint density at radius 2 is 2.07 bits per heavy atom. The van der Waals surface area contributed by atoms with E-state index in [1.54, 1.807) is 11.8 Å². The highest BCUT2D eigenvalue weighted by molar-refractivity contribution is 5.78. The van der Waals surface area contributed by atoms with Gasteiger partial charge < -0.3 is 9.64 Å². The van der Waals surface area contributed by atoms with Crippen molar-refractivity contribution >= 4 is 16.9 Å². The minimum absolute atomic E-state index is 0.00219. The second-order valence-corrected chi connectivity index (χ2v) is 7.26. The Labute approximate surface area is 162 Å². The van der Waals surface area contributed by atoms with Crippen LogP contribution in [-0.4, -0.2) is 50.3 Å². The molecule has 1 unspecified atom stereocenters. The normalized spacial score (nSPS) is 17.1. The predicted molar refractivity (Wildman–Crippen MR) is 105 cm³/mol. The maximum Gasteiger partial charge on any atom is 0.264 e. The Bertz CT molecular complexity index is 1050. The van der Waals surface area contributed by atoms with Crippen LogP contribution in [0.25, 0.3) is 16.7 Å². The molecule has 3 heterocycles. The van der Waals surface area contributed by atoms with Gasteiger partial charge in [0.1, 0.15) is 24.0 Å². The number of carbonyl (C=O) groups is 1. The molecule has 1 aromatic carbocycles. The Hall–Kier alpha value is -3.16. The van der Waals surface area contributed by atoms with E-state index in [0.29, 0.717) is 17.0 Å². The van der Waals surface area contributed by atoms with Crippen LogP contribution in [0.15, 0.2) is 41.6 Å². The number of carbonyl (C=O) groups excluding carboxylic acids is 1. The number of ether oxygens (including phenoxy) is 1. The topological polar surface area (TPSA) is 82.2 Å². The number of likely N-dealkylation sites (tertiary alicyclic amines) is 1. The Balaban J connectivity index is 1.61. The Kier molecular flexibility index (Phi) is 4.85. The molecule has 1 amide bonds. The summed E-state index contributed by atoms with van der Waals surface area (Å²) in [7, 11) is 1.61. The van der Waals surface area contributed by atoms with Gasteiger partial charge in [-0.2, -0.15) is 5.10 Å². The molecule has 1 aliphatic rings. The summed E-state index contributed by atoms with van der Waals surface area (Å²) in [6.07, 6.45) is 5.08. The van der Waals surface area contributed by atoms with Gasteiger partial charge in [-0.15, -0.1) is 0 Å². The summed E-state index contributed by atoms with van der Waals surface area (Å²) in [6.45, 7) is 3.65. The van der Waals surface area contributed by atoms with E-state index in [0.717, 1.165) is 37.4 Å². The SMILES string of the molecule is COc1ccc(-n2ncc3c(=O)n(CC(=O)N4CCCC(C)C4)cnc32)cc1. The third-order valence-corrected chi connectivity index (χ3v) is 5.19. The van der Waals surface area contributed by atoms with Crippen LogP contribution in [0.1, 0.15) is 19.8 Å². The first-order chi connectivity index (χ1) is 13.6. The highest BCUT2D eigenvalue weighted by Gasteiger charge is 2.22. The van der Waals surface area contributed by atoms with Crippen LogP contribution in [-0.2, 0) is 11.3 Å². The quantitative estimate of drug-likeness (QED) is 0.689. The summed E-state index contributed by atoms with van der Waals surface area (Å²) in [5.74, 6) is 1.19. The molecule has 0 N–H and O–H groups in total. The van der Waals surface area contributed by atoms with E-state index in [1.165, 1.54) is 17.1 Å². The van der Waals surface area contributed by atoms with Gasteiger partial charge in [0.2, 0.25) is 5.91 Å². The minimum atomic E-state index is -0.261. The van der Waals surface area contributed by atoms with Crippen molar-refractivity contribution in [3.8, 4) is 11.4 Å². The number of benzene rings is 1. The molecule has 8 heteroatoms. The molecule has 0 bridgehead atoms. The first-order valence-electron chi connectivity index (χ1n) is 9.42.